The summed E-state index contributed by atoms with van der Waals surface area (Å²) < 4.78 is 11.4. The van der Waals surface area contributed by atoms with E-state index in [9.17, 15) is 19.7 Å². The van der Waals surface area contributed by atoms with Crippen LogP contribution in [0.1, 0.15) is 15.9 Å². The minimum absolute atomic E-state index is 0.0515. The van der Waals surface area contributed by atoms with Crippen molar-refractivity contribution in [3.8, 4) is 11.5 Å². The van der Waals surface area contributed by atoms with Crippen LogP contribution in [0.25, 0.3) is 0 Å². The Balaban J connectivity index is 1.55. The van der Waals surface area contributed by atoms with E-state index < -0.39 is 16.8 Å². The number of carbonyl (C=O) groups excluding carboxylic acids is 2. The zero-order valence-electron chi connectivity index (χ0n) is 16.4. The highest BCUT2D eigenvalue weighted by molar-refractivity contribution is 9.10. The van der Waals surface area contributed by atoms with E-state index in [1.165, 1.54) is 30.5 Å². The predicted octanol–water partition coefficient (Wildman–Crippen LogP) is 4.11. The van der Waals surface area contributed by atoms with Crippen molar-refractivity contribution in [1.29, 1.82) is 0 Å². The fourth-order valence-electron chi connectivity index (χ4n) is 2.49. The van der Waals surface area contributed by atoms with Gasteiger partial charge in [0.25, 0.3) is 11.6 Å². The SMILES string of the molecule is O=C(COc1ccccc1Br)NN=Cc1cccc(OC(=O)c2cccc([N+](=O)[O-])c2)c1. The van der Waals surface area contributed by atoms with Crippen LogP contribution in [0.15, 0.2) is 82.4 Å². The number of nitrogens with zero attached hydrogens (tertiary/aromatic N) is 2. The number of nitro groups is 1. The van der Waals surface area contributed by atoms with E-state index in [1.54, 1.807) is 36.4 Å². The second kappa shape index (κ2) is 10.8. The second-order valence-electron chi connectivity index (χ2n) is 6.28. The molecule has 10 heteroatoms. The van der Waals surface area contributed by atoms with Crippen molar-refractivity contribution in [2.24, 2.45) is 5.10 Å². The molecule has 0 aliphatic rings. The van der Waals surface area contributed by atoms with Crippen LogP contribution in [0.2, 0.25) is 0 Å². The van der Waals surface area contributed by atoms with Gasteiger partial charge < -0.3 is 9.47 Å². The van der Waals surface area contributed by atoms with E-state index >= 15 is 0 Å². The Labute approximate surface area is 190 Å². The fraction of sp³-hybridized carbons (Fsp3) is 0.0455. The molecule has 3 aromatic rings. The maximum atomic E-state index is 12.3. The molecule has 0 atom stereocenters. The Morgan fingerprint density at radius 3 is 2.62 bits per heavy atom. The normalized spacial score (nSPS) is 10.5. The van der Waals surface area contributed by atoms with Crippen molar-refractivity contribution >= 4 is 39.7 Å². The van der Waals surface area contributed by atoms with Gasteiger partial charge in [-0.1, -0.05) is 30.3 Å². The first kappa shape index (κ1) is 22.6. The van der Waals surface area contributed by atoms with Gasteiger partial charge in [0.2, 0.25) is 0 Å². The van der Waals surface area contributed by atoms with Crippen molar-refractivity contribution in [2.75, 3.05) is 6.61 Å². The third-order valence-corrected chi connectivity index (χ3v) is 4.61. The second-order valence-corrected chi connectivity index (χ2v) is 7.14. The lowest BCUT2D eigenvalue weighted by Crippen LogP contribution is -2.24. The van der Waals surface area contributed by atoms with Gasteiger partial charge in [-0.25, -0.2) is 10.2 Å². The fourth-order valence-corrected chi connectivity index (χ4v) is 2.89. The highest BCUT2D eigenvalue weighted by Crippen LogP contribution is 2.23. The molecule has 32 heavy (non-hydrogen) atoms. The smallest absolute Gasteiger partial charge is 0.343 e. The van der Waals surface area contributed by atoms with Crippen molar-refractivity contribution in [3.63, 3.8) is 0 Å². The molecule has 0 aliphatic heterocycles. The molecular weight excluding hydrogens is 482 g/mol. The molecule has 0 saturated carbocycles. The Kier molecular flexibility index (Phi) is 7.65. The number of esters is 1. The molecule has 0 radical (unpaired) electrons. The Hall–Kier alpha value is -4.05. The standard InChI is InChI=1S/C22H16BrN3O6/c23-19-9-1-2-10-20(19)31-14-21(27)25-24-13-15-5-3-8-18(11-15)32-22(28)16-6-4-7-17(12-16)26(29)30/h1-13H,14H2,(H,25,27). The number of halogens is 1. The molecule has 3 aromatic carbocycles. The first-order valence-corrected chi connectivity index (χ1v) is 9.97. The number of nitrogens with one attached hydrogen (secondary N) is 1. The summed E-state index contributed by atoms with van der Waals surface area (Å²) in [6.45, 7) is -0.221. The molecule has 0 aromatic heterocycles. The van der Waals surface area contributed by atoms with Crippen LogP contribution in [-0.2, 0) is 4.79 Å². The molecular formula is C22H16BrN3O6. The predicted molar refractivity (Wildman–Crippen MR) is 120 cm³/mol. The van der Waals surface area contributed by atoms with E-state index in [-0.39, 0.29) is 23.6 Å². The monoisotopic (exact) mass is 497 g/mol. The van der Waals surface area contributed by atoms with Gasteiger partial charge in [0.05, 0.1) is 21.2 Å². The van der Waals surface area contributed by atoms with E-state index in [0.717, 1.165) is 10.5 Å². The van der Waals surface area contributed by atoms with Gasteiger partial charge in [0.15, 0.2) is 6.61 Å². The number of carbonyl (C=O) groups is 2. The molecule has 1 N–H and O–H groups in total. The van der Waals surface area contributed by atoms with Gasteiger partial charge >= 0.3 is 5.97 Å². The molecule has 162 valence electrons. The molecule has 0 heterocycles. The highest BCUT2D eigenvalue weighted by atomic mass is 79.9. The van der Waals surface area contributed by atoms with Crippen LogP contribution in [-0.4, -0.2) is 29.6 Å². The lowest BCUT2D eigenvalue weighted by Gasteiger charge is -2.06. The number of para-hydroxylation sites is 1. The third kappa shape index (κ3) is 6.47. The summed E-state index contributed by atoms with van der Waals surface area (Å²) in [7, 11) is 0. The van der Waals surface area contributed by atoms with E-state index in [4.69, 9.17) is 9.47 Å². The molecule has 0 fully saturated rings. The molecule has 1 amide bonds. The van der Waals surface area contributed by atoms with E-state index in [0.29, 0.717) is 11.3 Å². The maximum absolute atomic E-state index is 12.3. The van der Waals surface area contributed by atoms with Gasteiger partial charge in [0, 0.05) is 12.1 Å². The topological polar surface area (TPSA) is 120 Å². The number of amides is 1. The van der Waals surface area contributed by atoms with Crippen LogP contribution in [0, 0.1) is 10.1 Å². The van der Waals surface area contributed by atoms with Crippen LogP contribution >= 0.6 is 15.9 Å². The molecule has 0 saturated heterocycles. The average Bonchev–Trinajstić information content (AvgIpc) is 2.79. The summed E-state index contributed by atoms with van der Waals surface area (Å²) in [4.78, 5) is 34.4. The average molecular weight is 498 g/mol. The quantitative estimate of drug-likeness (QED) is 0.164. The maximum Gasteiger partial charge on any atom is 0.343 e. The minimum Gasteiger partial charge on any atom is -0.483 e. The van der Waals surface area contributed by atoms with E-state index in [2.05, 4.69) is 26.5 Å². The highest BCUT2D eigenvalue weighted by Gasteiger charge is 2.13. The van der Waals surface area contributed by atoms with Crippen LogP contribution in [0.4, 0.5) is 5.69 Å². The summed E-state index contributed by atoms with van der Waals surface area (Å²) in [5.41, 5.74) is 2.74. The Morgan fingerprint density at radius 2 is 1.84 bits per heavy atom. The van der Waals surface area contributed by atoms with Crippen molar-refractivity contribution in [1.82, 2.24) is 5.43 Å². The van der Waals surface area contributed by atoms with Gasteiger partial charge in [-0.05, 0) is 51.8 Å². The molecule has 0 unspecified atom stereocenters. The van der Waals surface area contributed by atoms with Crippen LogP contribution in [0.5, 0.6) is 11.5 Å². The minimum atomic E-state index is -0.736. The summed E-state index contributed by atoms with van der Waals surface area (Å²) in [5, 5.41) is 14.7. The summed E-state index contributed by atoms with van der Waals surface area (Å²) >= 11 is 3.33. The van der Waals surface area contributed by atoms with Gasteiger partial charge in [-0.15, -0.1) is 0 Å². The van der Waals surface area contributed by atoms with Crippen LogP contribution < -0.4 is 14.9 Å². The number of rotatable bonds is 8. The largest absolute Gasteiger partial charge is 0.483 e. The summed E-state index contributed by atoms with van der Waals surface area (Å²) in [6.07, 6.45) is 1.38. The number of hydrogen-bond donors (Lipinski definition) is 1. The third-order valence-electron chi connectivity index (χ3n) is 3.96. The number of ether oxygens (including phenoxy) is 2. The lowest BCUT2D eigenvalue weighted by molar-refractivity contribution is -0.384. The number of hydrazone groups is 1. The summed E-state index contributed by atoms with van der Waals surface area (Å²) in [6, 6.07) is 18.8. The van der Waals surface area contributed by atoms with Gasteiger partial charge in [-0.3, -0.25) is 14.9 Å². The lowest BCUT2D eigenvalue weighted by atomic mass is 10.2. The first-order valence-electron chi connectivity index (χ1n) is 9.18. The molecule has 3 rings (SSSR count). The zero-order chi connectivity index (χ0) is 22.9. The Morgan fingerprint density at radius 1 is 1.06 bits per heavy atom. The molecule has 0 bridgehead atoms. The van der Waals surface area contributed by atoms with Gasteiger partial charge in [0.1, 0.15) is 11.5 Å². The number of benzene rings is 3. The molecule has 9 nitrogen and oxygen atoms in total. The molecule has 0 spiro atoms. The molecule has 0 aliphatic carbocycles. The van der Waals surface area contributed by atoms with E-state index in [1.807, 2.05) is 6.07 Å². The van der Waals surface area contributed by atoms with Crippen LogP contribution in [0.3, 0.4) is 0 Å². The first-order chi connectivity index (χ1) is 15.4. The Bertz CT molecular complexity index is 1180. The van der Waals surface area contributed by atoms with Crippen molar-refractivity contribution in [3.05, 3.63) is 98.5 Å². The number of nitro benzene ring substituents is 1. The van der Waals surface area contributed by atoms with Gasteiger partial charge in [-0.2, -0.15) is 5.10 Å². The zero-order valence-corrected chi connectivity index (χ0v) is 18.0. The van der Waals surface area contributed by atoms with Crippen molar-refractivity contribution < 1.29 is 24.0 Å². The van der Waals surface area contributed by atoms with Crippen molar-refractivity contribution in [2.45, 2.75) is 0 Å². The number of non-ortho nitro benzene ring substituents is 1. The number of hydrogen-bond acceptors (Lipinski definition) is 7. The summed E-state index contributed by atoms with van der Waals surface area (Å²) in [5.74, 6) is -0.440.